The highest BCUT2D eigenvalue weighted by atomic mass is 35.5. The fourth-order valence-corrected chi connectivity index (χ4v) is 3.04. The van der Waals surface area contributed by atoms with Crippen LogP contribution in [-0.2, 0) is 0 Å². The quantitative estimate of drug-likeness (QED) is 0.926. The molecule has 2 aromatic rings. The maximum absolute atomic E-state index is 6.20. The number of hydrogen-bond acceptors (Lipinski definition) is 4. The zero-order valence-corrected chi connectivity index (χ0v) is 12.3. The summed E-state index contributed by atoms with van der Waals surface area (Å²) >= 11 is 12.1. The van der Waals surface area contributed by atoms with Gasteiger partial charge >= 0.3 is 0 Å². The van der Waals surface area contributed by atoms with Crippen molar-refractivity contribution in [2.24, 2.45) is 0 Å². The molecular formula is C13H15Cl2N5. The van der Waals surface area contributed by atoms with Gasteiger partial charge in [0.1, 0.15) is 11.6 Å². The molecule has 0 unspecified atom stereocenters. The molecule has 2 N–H and O–H groups in total. The molecule has 7 heteroatoms. The maximum Gasteiger partial charge on any atom is 0.147 e. The molecule has 3 heterocycles. The van der Waals surface area contributed by atoms with E-state index in [0.29, 0.717) is 21.9 Å². The lowest BCUT2D eigenvalue weighted by molar-refractivity contribution is 0.367. The van der Waals surface area contributed by atoms with Crippen molar-refractivity contribution in [2.45, 2.75) is 18.9 Å². The van der Waals surface area contributed by atoms with E-state index >= 15 is 0 Å². The zero-order chi connectivity index (χ0) is 14.1. The molecule has 0 aromatic carbocycles. The van der Waals surface area contributed by atoms with Crippen LogP contribution in [0.15, 0.2) is 24.5 Å². The van der Waals surface area contributed by atoms with Gasteiger partial charge in [-0.25, -0.2) is 4.98 Å². The third-order valence-corrected chi connectivity index (χ3v) is 4.04. The van der Waals surface area contributed by atoms with E-state index in [1.54, 1.807) is 12.3 Å². The molecule has 1 aliphatic heterocycles. The van der Waals surface area contributed by atoms with Gasteiger partial charge in [0.25, 0.3) is 0 Å². The predicted molar refractivity (Wildman–Crippen MR) is 81.4 cm³/mol. The first kappa shape index (κ1) is 13.5. The van der Waals surface area contributed by atoms with Gasteiger partial charge in [-0.15, -0.1) is 0 Å². The minimum absolute atomic E-state index is 0.384. The zero-order valence-electron chi connectivity index (χ0n) is 10.8. The van der Waals surface area contributed by atoms with Gasteiger partial charge in [-0.2, -0.15) is 5.10 Å². The molecule has 106 valence electrons. The third kappa shape index (κ3) is 2.69. The molecule has 2 aromatic heterocycles. The van der Waals surface area contributed by atoms with E-state index in [9.17, 15) is 0 Å². The highest BCUT2D eigenvalue weighted by Gasteiger charge is 2.23. The van der Waals surface area contributed by atoms with E-state index in [-0.39, 0.29) is 0 Å². The van der Waals surface area contributed by atoms with Gasteiger partial charge in [0.15, 0.2) is 0 Å². The molecule has 0 atom stereocenters. The smallest absolute Gasteiger partial charge is 0.147 e. The second-order valence-electron chi connectivity index (χ2n) is 4.90. The number of rotatable bonds is 2. The van der Waals surface area contributed by atoms with Crippen molar-refractivity contribution in [1.29, 1.82) is 0 Å². The standard InChI is InChI=1S/C13H15Cl2N5/c14-9-7-11(15)13(17-8-9)19-4-1-10(2-5-19)20-6-3-12(16)18-20/h3,6-8,10H,1-2,4-5H2,(H2,16,18). The largest absolute Gasteiger partial charge is 0.382 e. The van der Waals surface area contributed by atoms with Crippen molar-refractivity contribution >= 4 is 34.8 Å². The monoisotopic (exact) mass is 311 g/mol. The van der Waals surface area contributed by atoms with Gasteiger partial charge in [0.05, 0.1) is 16.1 Å². The Kier molecular flexibility index (Phi) is 3.72. The van der Waals surface area contributed by atoms with Crippen LogP contribution in [0.2, 0.25) is 10.0 Å². The molecule has 5 nitrogen and oxygen atoms in total. The Labute approximate surface area is 127 Å². The first-order chi connectivity index (χ1) is 9.63. The first-order valence-electron chi connectivity index (χ1n) is 6.50. The van der Waals surface area contributed by atoms with Crippen LogP contribution in [0.1, 0.15) is 18.9 Å². The van der Waals surface area contributed by atoms with E-state index in [2.05, 4.69) is 15.0 Å². The van der Waals surface area contributed by atoms with Crippen LogP contribution in [0.4, 0.5) is 11.6 Å². The van der Waals surface area contributed by atoms with Crippen molar-refractivity contribution < 1.29 is 0 Å². The lowest BCUT2D eigenvalue weighted by Crippen LogP contribution is -2.35. The number of halogens is 2. The van der Waals surface area contributed by atoms with Crippen molar-refractivity contribution in [1.82, 2.24) is 14.8 Å². The van der Waals surface area contributed by atoms with E-state index in [4.69, 9.17) is 28.9 Å². The summed E-state index contributed by atoms with van der Waals surface area (Å²) < 4.78 is 1.95. The Morgan fingerprint density at radius 1 is 1.25 bits per heavy atom. The molecule has 1 saturated heterocycles. The molecule has 0 spiro atoms. The Morgan fingerprint density at radius 2 is 2.00 bits per heavy atom. The van der Waals surface area contributed by atoms with E-state index in [1.165, 1.54) is 0 Å². The second kappa shape index (κ2) is 5.50. The molecular weight excluding hydrogens is 297 g/mol. The molecule has 0 aliphatic carbocycles. The maximum atomic E-state index is 6.20. The number of nitrogens with two attached hydrogens (primary N) is 1. The van der Waals surface area contributed by atoms with Gasteiger partial charge in [0, 0.05) is 25.5 Å². The second-order valence-corrected chi connectivity index (χ2v) is 5.74. The van der Waals surface area contributed by atoms with E-state index < -0.39 is 0 Å². The summed E-state index contributed by atoms with van der Waals surface area (Å²) in [6, 6.07) is 3.94. The Balaban J connectivity index is 1.69. The summed E-state index contributed by atoms with van der Waals surface area (Å²) in [6.07, 6.45) is 5.54. The highest BCUT2D eigenvalue weighted by Crippen LogP contribution is 2.30. The fraction of sp³-hybridized carbons (Fsp3) is 0.385. The van der Waals surface area contributed by atoms with E-state index in [0.717, 1.165) is 31.7 Å². The van der Waals surface area contributed by atoms with Gasteiger partial charge in [-0.05, 0) is 25.0 Å². The SMILES string of the molecule is Nc1ccn(C2CCN(c3ncc(Cl)cc3Cl)CC2)n1. The number of nitrogens with zero attached hydrogens (tertiary/aromatic N) is 4. The molecule has 0 saturated carbocycles. The fourth-order valence-electron chi connectivity index (χ4n) is 2.54. The predicted octanol–water partition coefficient (Wildman–Crippen LogP) is 3.01. The number of anilines is 2. The van der Waals surface area contributed by atoms with Gasteiger partial charge in [-0.3, -0.25) is 4.68 Å². The van der Waals surface area contributed by atoms with Crippen molar-refractivity contribution in [3.8, 4) is 0 Å². The molecule has 1 fully saturated rings. The molecule has 20 heavy (non-hydrogen) atoms. The van der Waals surface area contributed by atoms with Crippen LogP contribution < -0.4 is 10.6 Å². The van der Waals surface area contributed by atoms with Crippen LogP contribution in [0.25, 0.3) is 0 Å². The number of hydrogen-bond donors (Lipinski definition) is 1. The summed E-state index contributed by atoms with van der Waals surface area (Å²) in [4.78, 5) is 6.51. The molecule has 0 amide bonds. The van der Waals surface area contributed by atoms with Crippen LogP contribution in [0.5, 0.6) is 0 Å². The number of piperidine rings is 1. The lowest BCUT2D eigenvalue weighted by atomic mass is 10.1. The summed E-state index contributed by atoms with van der Waals surface area (Å²) in [6.45, 7) is 1.78. The Bertz CT molecular complexity index is 605. The lowest BCUT2D eigenvalue weighted by Gasteiger charge is -2.33. The van der Waals surface area contributed by atoms with Crippen LogP contribution in [0, 0.1) is 0 Å². The van der Waals surface area contributed by atoms with Crippen molar-refractivity contribution in [2.75, 3.05) is 23.7 Å². The normalized spacial score (nSPS) is 16.6. The van der Waals surface area contributed by atoms with Crippen molar-refractivity contribution in [3.05, 3.63) is 34.6 Å². The number of pyridine rings is 1. The average Bonchev–Trinajstić information content (AvgIpc) is 2.86. The summed E-state index contributed by atoms with van der Waals surface area (Å²) in [5, 5.41) is 5.43. The van der Waals surface area contributed by atoms with Gasteiger partial charge < -0.3 is 10.6 Å². The number of aromatic nitrogens is 3. The molecule has 0 radical (unpaired) electrons. The Morgan fingerprint density at radius 3 is 2.60 bits per heavy atom. The van der Waals surface area contributed by atoms with Crippen LogP contribution in [-0.4, -0.2) is 27.9 Å². The van der Waals surface area contributed by atoms with Crippen molar-refractivity contribution in [3.63, 3.8) is 0 Å². The average molecular weight is 312 g/mol. The molecule has 0 bridgehead atoms. The van der Waals surface area contributed by atoms with Crippen LogP contribution >= 0.6 is 23.2 Å². The first-order valence-corrected chi connectivity index (χ1v) is 7.25. The summed E-state index contributed by atoms with van der Waals surface area (Å²) in [5.41, 5.74) is 5.66. The van der Waals surface area contributed by atoms with Crippen LogP contribution in [0.3, 0.4) is 0 Å². The minimum atomic E-state index is 0.384. The summed E-state index contributed by atoms with van der Waals surface area (Å²) in [7, 11) is 0. The van der Waals surface area contributed by atoms with Gasteiger partial charge in [-0.1, -0.05) is 23.2 Å². The minimum Gasteiger partial charge on any atom is -0.382 e. The number of nitrogen functional groups attached to an aromatic ring is 1. The summed E-state index contributed by atoms with van der Waals surface area (Å²) in [5.74, 6) is 1.37. The van der Waals surface area contributed by atoms with E-state index in [1.807, 2.05) is 16.9 Å². The Hall–Kier alpha value is -1.46. The highest BCUT2D eigenvalue weighted by molar-refractivity contribution is 6.36. The van der Waals surface area contributed by atoms with Gasteiger partial charge in [0.2, 0.25) is 0 Å². The third-order valence-electron chi connectivity index (χ3n) is 3.56. The topological polar surface area (TPSA) is 60.0 Å². The molecule has 3 rings (SSSR count). The molecule has 1 aliphatic rings.